The van der Waals surface area contributed by atoms with Crippen molar-refractivity contribution in [1.29, 1.82) is 0 Å². The Bertz CT molecular complexity index is 1010. The third-order valence-corrected chi connectivity index (χ3v) is 8.04. The van der Waals surface area contributed by atoms with Gasteiger partial charge in [0.25, 0.3) is 0 Å². The van der Waals surface area contributed by atoms with Crippen LogP contribution in [0.3, 0.4) is 0 Å². The highest BCUT2D eigenvalue weighted by Crippen LogP contribution is 2.39. The van der Waals surface area contributed by atoms with Crippen molar-refractivity contribution in [2.45, 2.75) is 45.1 Å². The molecule has 1 atom stereocenters. The molecule has 4 nitrogen and oxygen atoms in total. The zero-order valence-electron chi connectivity index (χ0n) is 19.8. The zero-order chi connectivity index (χ0) is 23.2. The number of rotatable bonds is 9. The number of fused-ring (bicyclic) bond motifs is 1. The molecule has 3 heterocycles. The summed E-state index contributed by atoms with van der Waals surface area (Å²) in [7, 11) is 0. The molecule has 1 N–H and O–H groups in total. The molecule has 1 saturated heterocycles. The van der Waals surface area contributed by atoms with E-state index in [4.69, 9.17) is 9.47 Å². The molecule has 1 aromatic carbocycles. The number of β-amino-alcohol motifs (C(OH)–C–C–N with tert-alkyl or cyclic N) is 1. The second-order valence-electron chi connectivity index (χ2n) is 8.80. The highest BCUT2D eigenvalue weighted by atomic mass is 32.1. The number of benzene rings is 1. The molecule has 1 unspecified atom stereocenters. The molecule has 1 aromatic heterocycles. The van der Waals surface area contributed by atoms with Crippen molar-refractivity contribution in [3.63, 3.8) is 0 Å². The number of hydrogen-bond donors (Lipinski definition) is 1. The zero-order valence-corrected chi connectivity index (χ0v) is 20.6. The molecule has 5 heteroatoms. The number of allylic oxidation sites excluding steroid dienone is 2. The standard InChI is InChI=1S/C28H35NO3S/c1-4-6-12-27-20(3)23(5-2)28(33-27)21-13-15-29(16-14-21)18-22(30)19-32-26-11-7-10-25-24(26)9-8-17-31-25/h4,6-12,21-22,30H,1,5,13-19H2,2-3H3/b12-6-. The topological polar surface area (TPSA) is 41.9 Å². The number of thiophene rings is 1. The molecule has 2 aliphatic rings. The number of likely N-dealkylation sites (tertiary alicyclic amines) is 1. The van der Waals surface area contributed by atoms with Crippen molar-refractivity contribution in [3.8, 4) is 11.5 Å². The molecule has 0 aliphatic carbocycles. The molecule has 0 bridgehead atoms. The van der Waals surface area contributed by atoms with Gasteiger partial charge in [0.2, 0.25) is 0 Å². The van der Waals surface area contributed by atoms with Gasteiger partial charge in [0.15, 0.2) is 0 Å². The Morgan fingerprint density at radius 2 is 2.15 bits per heavy atom. The molecule has 2 aliphatic heterocycles. The lowest BCUT2D eigenvalue weighted by molar-refractivity contribution is 0.0593. The molecule has 0 radical (unpaired) electrons. The van der Waals surface area contributed by atoms with Crippen molar-refractivity contribution in [2.75, 3.05) is 32.8 Å². The number of piperidine rings is 1. The monoisotopic (exact) mass is 465 g/mol. The highest BCUT2D eigenvalue weighted by Gasteiger charge is 2.26. The maximum absolute atomic E-state index is 10.6. The van der Waals surface area contributed by atoms with Gasteiger partial charge in [-0.15, -0.1) is 11.3 Å². The molecule has 176 valence electrons. The van der Waals surface area contributed by atoms with E-state index in [0.717, 1.165) is 49.4 Å². The van der Waals surface area contributed by atoms with Crippen molar-refractivity contribution in [2.24, 2.45) is 0 Å². The SMILES string of the molecule is C=C/C=C\c1sc(C2CCN(CC(O)COc3cccc4c3C=CCO4)CC2)c(CC)c1C. The molecular formula is C28H35NO3S. The minimum Gasteiger partial charge on any atom is -0.490 e. The summed E-state index contributed by atoms with van der Waals surface area (Å²) in [6, 6.07) is 5.81. The molecular weight excluding hydrogens is 430 g/mol. The molecule has 0 spiro atoms. The smallest absolute Gasteiger partial charge is 0.130 e. The van der Waals surface area contributed by atoms with Crippen LogP contribution in [-0.2, 0) is 6.42 Å². The number of aliphatic hydroxyl groups is 1. The van der Waals surface area contributed by atoms with E-state index in [1.54, 1.807) is 4.88 Å². The average molecular weight is 466 g/mol. The fourth-order valence-corrected chi connectivity index (χ4v) is 6.31. The normalized spacial score (nSPS) is 17.7. The minimum absolute atomic E-state index is 0.285. The Morgan fingerprint density at radius 1 is 1.33 bits per heavy atom. The van der Waals surface area contributed by atoms with Crippen LogP contribution in [0.1, 0.15) is 52.1 Å². The van der Waals surface area contributed by atoms with E-state index in [1.165, 1.54) is 16.0 Å². The number of ether oxygens (including phenoxy) is 2. The number of nitrogens with zero attached hydrogens (tertiary/aromatic N) is 1. The average Bonchev–Trinajstić information content (AvgIpc) is 3.16. The third kappa shape index (κ3) is 5.60. The van der Waals surface area contributed by atoms with Crippen LogP contribution in [0.25, 0.3) is 12.2 Å². The number of aliphatic hydroxyl groups excluding tert-OH is 1. The highest BCUT2D eigenvalue weighted by molar-refractivity contribution is 7.13. The molecule has 0 amide bonds. The number of hydrogen-bond acceptors (Lipinski definition) is 5. The second-order valence-corrected chi connectivity index (χ2v) is 9.89. The van der Waals surface area contributed by atoms with E-state index >= 15 is 0 Å². The summed E-state index contributed by atoms with van der Waals surface area (Å²) in [6.45, 7) is 11.9. The summed E-state index contributed by atoms with van der Waals surface area (Å²) in [5.41, 5.74) is 3.91. The first-order valence-corrected chi connectivity index (χ1v) is 12.8. The lowest BCUT2D eigenvalue weighted by atomic mass is 9.91. The molecule has 33 heavy (non-hydrogen) atoms. The quantitative estimate of drug-likeness (QED) is 0.472. The summed E-state index contributed by atoms with van der Waals surface area (Å²) in [5, 5.41) is 10.6. The van der Waals surface area contributed by atoms with Gasteiger partial charge in [-0.05, 0) is 86.7 Å². The fourth-order valence-electron chi connectivity index (χ4n) is 4.83. The summed E-state index contributed by atoms with van der Waals surface area (Å²) in [6.07, 6.45) is 12.9. The molecule has 1 fully saturated rings. The molecule has 0 saturated carbocycles. The first-order valence-electron chi connectivity index (χ1n) is 12.0. The largest absolute Gasteiger partial charge is 0.490 e. The molecule has 4 rings (SSSR count). The van der Waals surface area contributed by atoms with Gasteiger partial charge in [-0.1, -0.05) is 31.7 Å². The van der Waals surface area contributed by atoms with E-state index in [1.807, 2.05) is 53.8 Å². The Balaban J connectivity index is 1.30. The second kappa shape index (κ2) is 11.2. The van der Waals surface area contributed by atoms with Gasteiger partial charge in [0.05, 0.1) is 5.56 Å². The first-order chi connectivity index (χ1) is 16.1. The lowest BCUT2D eigenvalue weighted by Gasteiger charge is -2.33. The van der Waals surface area contributed by atoms with E-state index in [0.29, 0.717) is 19.1 Å². The maximum atomic E-state index is 10.6. The van der Waals surface area contributed by atoms with Crippen LogP contribution in [-0.4, -0.2) is 49.0 Å². The van der Waals surface area contributed by atoms with E-state index < -0.39 is 6.10 Å². The minimum atomic E-state index is -0.517. The lowest BCUT2D eigenvalue weighted by Crippen LogP contribution is -2.40. The summed E-state index contributed by atoms with van der Waals surface area (Å²) in [5.74, 6) is 2.22. The van der Waals surface area contributed by atoms with Crippen LogP contribution in [0.5, 0.6) is 11.5 Å². The van der Waals surface area contributed by atoms with Crippen LogP contribution in [0.2, 0.25) is 0 Å². The van der Waals surface area contributed by atoms with Crippen LogP contribution < -0.4 is 9.47 Å². The van der Waals surface area contributed by atoms with Crippen molar-refractivity contribution < 1.29 is 14.6 Å². The van der Waals surface area contributed by atoms with Crippen molar-refractivity contribution >= 4 is 23.5 Å². The van der Waals surface area contributed by atoms with E-state index in [-0.39, 0.29) is 6.61 Å². The van der Waals surface area contributed by atoms with Gasteiger partial charge >= 0.3 is 0 Å². The summed E-state index contributed by atoms with van der Waals surface area (Å²) < 4.78 is 11.6. The van der Waals surface area contributed by atoms with Crippen molar-refractivity contribution in [1.82, 2.24) is 4.90 Å². The Labute approximate surface area is 201 Å². The predicted molar refractivity (Wildman–Crippen MR) is 139 cm³/mol. The Kier molecular flexibility index (Phi) is 8.07. The van der Waals surface area contributed by atoms with Gasteiger partial charge < -0.3 is 19.5 Å². The predicted octanol–water partition coefficient (Wildman–Crippen LogP) is 5.84. The van der Waals surface area contributed by atoms with Crippen molar-refractivity contribution in [3.05, 3.63) is 69.5 Å². The van der Waals surface area contributed by atoms with Gasteiger partial charge in [-0.3, -0.25) is 0 Å². The van der Waals surface area contributed by atoms with E-state index in [2.05, 4.69) is 31.4 Å². The van der Waals surface area contributed by atoms with Gasteiger partial charge in [-0.2, -0.15) is 0 Å². The fraction of sp³-hybridized carbons (Fsp3) is 0.429. The van der Waals surface area contributed by atoms with Crippen LogP contribution in [0, 0.1) is 6.92 Å². The van der Waals surface area contributed by atoms with Gasteiger partial charge in [-0.25, -0.2) is 0 Å². The van der Waals surface area contributed by atoms with E-state index in [9.17, 15) is 5.11 Å². The van der Waals surface area contributed by atoms with Crippen LogP contribution >= 0.6 is 11.3 Å². The van der Waals surface area contributed by atoms with Gasteiger partial charge in [0, 0.05) is 16.3 Å². The van der Waals surface area contributed by atoms with Crippen LogP contribution in [0.4, 0.5) is 0 Å². The first kappa shape index (κ1) is 23.8. The summed E-state index contributed by atoms with van der Waals surface area (Å²) in [4.78, 5) is 5.30. The Hall–Kier alpha value is -2.34. The molecule has 2 aromatic rings. The Morgan fingerprint density at radius 3 is 2.91 bits per heavy atom. The third-order valence-electron chi connectivity index (χ3n) is 6.58. The summed E-state index contributed by atoms with van der Waals surface area (Å²) >= 11 is 1.95. The maximum Gasteiger partial charge on any atom is 0.130 e. The van der Waals surface area contributed by atoms with Crippen LogP contribution in [0.15, 0.2) is 43.0 Å². The van der Waals surface area contributed by atoms with Gasteiger partial charge in [0.1, 0.15) is 30.8 Å².